The summed E-state index contributed by atoms with van der Waals surface area (Å²) < 4.78 is 6.11. The molecule has 0 unspecified atom stereocenters. The molecule has 2 heterocycles. The number of aromatic nitrogens is 3. The van der Waals surface area contributed by atoms with Crippen molar-refractivity contribution in [1.29, 1.82) is 0 Å². The van der Waals surface area contributed by atoms with Crippen LogP contribution in [0.2, 0.25) is 5.02 Å². The molecular weight excluding hydrogens is 504 g/mol. The monoisotopic (exact) mass is 532 g/mol. The van der Waals surface area contributed by atoms with Gasteiger partial charge in [-0.2, -0.15) is 4.98 Å². The average Bonchev–Trinajstić information content (AvgIpc) is 3.29. The van der Waals surface area contributed by atoms with Gasteiger partial charge in [0.25, 0.3) is 6.01 Å². The van der Waals surface area contributed by atoms with E-state index in [4.69, 9.17) is 22.1 Å². The SMILES string of the molecule is CC(C)(C(=O)O)[C@H]1CC[C@H](Oc2nc3nc(-c4ccc(-c5ccc(C(N)=O)cc5)cc4)c(Cl)cc3[nH]2)CC1. The van der Waals surface area contributed by atoms with E-state index in [1.165, 1.54) is 0 Å². The van der Waals surface area contributed by atoms with Crippen LogP contribution in [-0.2, 0) is 4.79 Å². The summed E-state index contributed by atoms with van der Waals surface area (Å²) in [6.45, 7) is 3.59. The number of aromatic amines is 1. The summed E-state index contributed by atoms with van der Waals surface area (Å²) in [5.74, 6) is -1.09. The maximum atomic E-state index is 11.6. The van der Waals surface area contributed by atoms with Crippen LogP contribution in [0.3, 0.4) is 0 Å². The zero-order valence-corrected chi connectivity index (χ0v) is 22.0. The molecule has 0 spiro atoms. The Morgan fingerprint density at radius 1 is 0.974 bits per heavy atom. The Hall–Kier alpha value is -3.91. The van der Waals surface area contributed by atoms with Crippen molar-refractivity contribution >= 4 is 34.6 Å². The number of carboxylic acids is 1. The molecule has 0 radical (unpaired) electrons. The van der Waals surface area contributed by atoms with Gasteiger partial charge < -0.3 is 20.6 Å². The first-order valence-corrected chi connectivity index (χ1v) is 13.0. The summed E-state index contributed by atoms with van der Waals surface area (Å²) in [6.07, 6.45) is 3.11. The molecule has 1 amide bonds. The van der Waals surface area contributed by atoms with Crippen LogP contribution in [0, 0.1) is 11.3 Å². The highest BCUT2D eigenvalue weighted by Crippen LogP contribution is 2.39. The van der Waals surface area contributed by atoms with Gasteiger partial charge in [-0.05, 0) is 74.8 Å². The number of aliphatic carboxylic acids is 1. The van der Waals surface area contributed by atoms with Crippen LogP contribution >= 0.6 is 11.6 Å². The fraction of sp³-hybridized carbons (Fsp3) is 0.310. The van der Waals surface area contributed by atoms with Gasteiger partial charge in [-0.3, -0.25) is 9.59 Å². The van der Waals surface area contributed by atoms with E-state index in [9.17, 15) is 14.7 Å². The molecule has 1 aliphatic carbocycles. The van der Waals surface area contributed by atoms with Crippen molar-refractivity contribution in [3.05, 3.63) is 65.2 Å². The second-order valence-corrected chi connectivity index (χ2v) is 10.8. The molecule has 8 nitrogen and oxygen atoms in total. The number of amides is 1. The molecule has 0 bridgehead atoms. The third kappa shape index (κ3) is 5.09. The number of hydrogen-bond acceptors (Lipinski definition) is 5. The Bertz CT molecular complexity index is 1490. The van der Waals surface area contributed by atoms with Gasteiger partial charge in [0, 0.05) is 11.1 Å². The lowest BCUT2D eigenvalue weighted by Crippen LogP contribution is -2.37. The minimum Gasteiger partial charge on any atom is -0.481 e. The summed E-state index contributed by atoms with van der Waals surface area (Å²) in [5, 5.41) is 10.0. The molecule has 9 heteroatoms. The molecule has 1 aliphatic rings. The molecule has 196 valence electrons. The summed E-state index contributed by atoms with van der Waals surface area (Å²) in [5.41, 5.74) is 9.65. The quantitative estimate of drug-likeness (QED) is 0.264. The van der Waals surface area contributed by atoms with Crippen molar-refractivity contribution in [1.82, 2.24) is 15.0 Å². The number of rotatable bonds is 7. The third-order valence-electron chi connectivity index (χ3n) is 7.59. The average molecular weight is 533 g/mol. The number of halogens is 1. The van der Waals surface area contributed by atoms with Gasteiger partial charge in [0.1, 0.15) is 6.10 Å². The molecule has 4 aromatic rings. The molecule has 2 aromatic carbocycles. The number of benzene rings is 2. The van der Waals surface area contributed by atoms with Gasteiger partial charge in [-0.1, -0.05) is 48.0 Å². The molecule has 1 saturated carbocycles. The van der Waals surface area contributed by atoms with Crippen molar-refractivity contribution in [3.8, 4) is 28.4 Å². The van der Waals surface area contributed by atoms with Crippen molar-refractivity contribution < 1.29 is 19.4 Å². The number of carbonyl (C=O) groups is 2. The number of ether oxygens (including phenoxy) is 1. The zero-order chi connectivity index (χ0) is 27.0. The Balaban J connectivity index is 1.30. The highest BCUT2D eigenvalue weighted by Gasteiger charge is 2.39. The van der Waals surface area contributed by atoms with Crippen LogP contribution in [0.5, 0.6) is 6.01 Å². The molecule has 2 aromatic heterocycles. The van der Waals surface area contributed by atoms with Gasteiger partial charge in [-0.25, -0.2) is 4.98 Å². The fourth-order valence-corrected chi connectivity index (χ4v) is 5.30. The second kappa shape index (κ2) is 10.1. The smallest absolute Gasteiger partial charge is 0.309 e. The first kappa shape index (κ1) is 25.7. The molecule has 1 fully saturated rings. The van der Waals surface area contributed by atoms with E-state index in [-0.39, 0.29) is 12.0 Å². The first-order valence-electron chi connectivity index (χ1n) is 12.6. The van der Waals surface area contributed by atoms with Crippen molar-refractivity contribution in [2.75, 3.05) is 0 Å². The van der Waals surface area contributed by atoms with Crippen LogP contribution in [0.15, 0.2) is 54.6 Å². The number of nitrogens with two attached hydrogens (primary N) is 1. The maximum Gasteiger partial charge on any atom is 0.309 e. The van der Waals surface area contributed by atoms with Crippen LogP contribution in [0.4, 0.5) is 0 Å². The van der Waals surface area contributed by atoms with E-state index in [1.54, 1.807) is 32.0 Å². The molecular formula is C29H29ClN4O4. The fourth-order valence-electron chi connectivity index (χ4n) is 5.04. The number of imidazole rings is 1. The van der Waals surface area contributed by atoms with Crippen LogP contribution in [-0.4, -0.2) is 38.0 Å². The molecule has 0 saturated heterocycles. The Morgan fingerprint density at radius 3 is 2.13 bits per heavy atom. The van der Waals surface area contributed by atoms with Gasteiger partial charge >= 0.3 is 5.97 Å². The molecule has 0 atom stereocenters. The number of carbonyl (C=O) groups excluding carboxylic acids is 1. The van der Waals surface area contributed by atoms with Crippen LogP contribution in [0.25, 0.3) is 33.5 Å². The predicted octanol–water partition coefficient (Wildman–Crippen LogP) is 6.09. The van der Waals surface area contributed by atoms with E-state index in [0.717, 1.165) is 42.4 Å². The minimum atomic E-state index is -0.758. The lowest BCUT2D eigenvalue weighted by Gasteiger charge is -2.36. The topological polar surface area (TPSA) is 131 Å². The summed E-state index contributed by atoms with van der Waals surface area (Å²) in [7, 11) is 0. The zero-order valence-electron chi connectivity index (χ0n) is 21.2. The van der Waals surface area contributed by atoms with Gasteiger partial charge in [0.05, 0.1) is 21.6 Å². The lowest BCUT2D eigenvalue weighted by atomic mass is 9.70. The number of fused-ring (bicyclic) bond motifs is 1. The summed E-state index contributed by atoms with van der Waals surface area (Å²) in [4.78, 5) is 35.3. The normalized spacial score (nSPS) is 17.9. The molecule has 0 aliphatic heterocycles. The lowest BCUT2D eigenvalue weighted by molar-refractivity contribution is -0.151. The number of nitrogens with zero attached hydrogens (tertiary/aromatic N) is 2. The van der Waals surface area contributed by atoms with Gasteiger partial charge in [0.2, 0.25) is 5.91 Å². The van der Waals surface area contributed by atoms with E-state index in [0.29, 0.717) is 33.5 Å². The first-order chi connectivity index (χ1) is 18.1. The second-order valence-electron chi connectivity index (χ2n) is 10.4. The highest BCUT2D eigenvalue weighted by atomic mass is 35.5. The maximum absolute atomic E-state index is 11.6. The highest BCUT2D eigenvalue weighted by molar-refractivity contribution is 6.33. The van der Waals surface area contributed by atoms with Crippen LogP contribution < -0.4 is 10.5 Å². The molecule has 38 heavy (non-hydrogen) atoms. The van der Waals surface area contributed by atoms with Crippen molar-refractivity contribution in [3.63, 3.8) is 0 Å². The van der Waals surface area contributed by atoms with Crippen molar-refractivity contribution in [2.45, 2.75) is 45.6 Å². The number of carboxylic acid groups (broad SMARTS) is 1. The van der Waals surface area contributed by atoms with Crippen molar-refractivity contribution in [2.24, 2.45) is 17.1 Å². The molecule has 4 N–H and O–H groups in total. The molecule has 5 rings (SSSR count). The number of nitrogens with one attached hydrogen (secondary N) is 1. The summed E-state index contributed by atoms with van der Waals surface area (Å²) >= 11 is 6.58. The Kier molecular flexibility index (Phi) is 6.84. The van der Waals surface area contributed by atoms with Crippen LogP contribution in [0.1, 0.15) is 49.9 Å². The third-order valence-corrected chi connectivity index (χ3v) is 7.88. The number of pyridine rings is 1. The van der Waals surface area contributed by atoms with Gasteiger partial charge in [-0.15, -0.1) is 0 Å². The Labute approximate surface area is 225 Å². The largest absolute Gasteiger partial charge is 0.481 e. The van der Waals surface area contributed by atoms with E-state index < -0.39 is 17.3 Å². The van der Waals surface area contributed by atoms with E-state index >= 15 is 0 Å². The standard InChI is InChI=1S/C29H29ClN4O4/c1-29(2,27(36)37)20-11-13-21(14-12-20)38-28-32-23-15-22(30)24(33-26(23)34-28)18-7-3-16(4-8-18)17-5-9-19(10-6-17)25(31)35/h3-10,15,20-21H,11-14H2,1-2H3,(H2,31,35)(H,36,37)(H,32,33,34)/t20-,21-. The Morgan fingerprint density at radius 2 is 1.55 bits per heavy atom. The predicted molar refractivity (Wildman–Crippen MR) is 146 cm³/mol. The summed E-state index contributed by atoms with van der Waals surface area (Å²) in [6, 6.07) is 17.1. The van der Waals surface area contributed by atoms with E-state index in [1.807, 2.05) is 36.4 Å². The minimum absolute atomic E-state index is 0.0315. The number of primary amides is 1. The number of hydrogen-bond donors (Lipinski definition) is 3. The van der Waals surface area contributed by atoms with E-state index in [2.05, 4.69) is 15.0 Å². The number of H-pyrrole nitrogens is 1. The van der Waals surface area contributed by atoms with Gasteiger partial charge in [0.15, 0.2) is 5.65 Å².